The summed E-state index contributed by atoms with van der Waals surface area (Å²) in [6.07, 6.45) is 2.50. The van der Waals surface area contributed by atoms with E-state index in [9.17, 15) is 4.39 Å². The molecule has 0 aliphatic carbocycles. The van der Waals surface area contributed by atoms with E-state index < -0.39 is 0 Å². The lowest BCUT2D eigenvalue weighted by Gasteiger charge is -2.06. The normalized spacial score (nSPS) is 10.8. The number of aryl methyl sites for hydroxylation is 1. The van der Waals surface area contributed by atoms with Crippen LogP contribution in [0.15, 0.2) is 29.0 Å². The van der Waals surface area contributed by atoms with Crippen LogP contribution in [0.5, 0.6) is 0 Å². The number of nitrogens with zero attached hydrogens (tertiary/aromatic N) is 3. The Morgan fingerprint density at radius 2 is 2.28 bits per heavy atom. The van der Waals surface area contributed by atoms with Crippen molar-refractivity contribution in [1.82, 2.24) is 20.1 Å². The summed E-state index contributed by atoms with van der Waals surface area (Å²) in [7, 11) is 1.92. The predicted molar refractivity (Wildman–Crippen MR) is 70.5 cm³/mol. The molecule has 18 heavy (non-hydrogen) atoms. The van der Waals surface area contributed by atoms with E-state index in [-0.39, 0.29) is 5.82 Å². The number of hydrogen-bond acceptors (Lipinski definition) is 3. The van der Waals surface area contributed by atoms with Gasteiger partial charge in [0.25, 0.3) is 0 Å². The number of rotatable bonds is 5. The highest BCUT2D eigenvalue weighted by molar-refractivity contribution is 9.10. The minimum atomic E-state index is -0.232. The van der Waals surface area contributed by atoms with Crippen LogP contribution in [0.4, 0.5) is 4.39 Å². The Balaban J connectivity index is 1.80. The Bertz CT molecular complexity index is 527. The van der Waals surface area contributed by atoms with Crippen molar-refractivity contribution in [3.05, 3.63) is 46.2 Å². The lowest BCUT2D eigenvalue weighted by atomic mass is 10.2. The molecule has 0 unspecified atom stereocenters. The largest absolute Gasteiger partial charge is 0.321 e. The lowest BCUT2D eigenvalue weighted by molar-refractivity contribution is 0.621. The topological polar surface area (TPSA) is 42.7 Å². The molecule has 0 fully saturated rings. The van der Waals surface area contributed by atoms with Crippen molar-refractivity contribution in [3.8, 4) is 0 Å². The number of halogens is 2. The van der Waals surface area contributed by atoms with Gasteiger partial charge in [-0.05, 0) is 17.7 Å². The summed E-state index contributed by atoms with van der Waals surface area (Å²) in [5, 5.41) is 11.1. The van der Waals surface area contributed by atoms with Gasteiger partial charge in [0.05, 0.1) is 0 Å². The quantitative estimate of drug-likeness (QED) is 0.859. The number of benzene rings is 1. The SMILES string of the molecule is Cn1cnnc1CCNCc1ccc(F)cc1Br. The van der Waals surface area contributed by atoms with Gasteiger partial charge in [-0.15, -0.1) is 10.2 Å². The molecule has 96 valence electrons. The van der Waals surface area contributed by atoms with Crippen molar-refractivity contribution < 1.29 is 4.39 Å². The average molecular weight is 313 g/mol. The Kier molecular flexibility index (Phi) is 4.43. The Labute approximate surface area is 113 Å². The third-order valence-electron chi connectivity index (χ3n) is 2.66. The second-order valence-electron chi connectivity index (χ2n) is 4.02. The predicted octanol–water partition coefficient (Wildman–Crippen LogP) is 2.05. The van der Waals surface area contributed by atoms with Crippen molar-refractivity contribution in [2.45, 2.75) is 13.0 Å². The van der Waals surface area contributed by atoms with Crippen molar-refractivity contribution in [2.24, 2.45) is 7.05 Å². The smallest absolute Gasteiger partial charge is 0.133 e. The first-order valence-electron chi connectivity index (χ1n) is 5.64. The first-order chi connectivity index (χ1) is 8.66. The molecule has 0 atom stereocenters. The molecule has 1 N–H and O–H groups in total. The second-order valence-corrected chi connectivity index (χ2v) is 4.87. The molecule has 2 aromatic rings. The van der Waals surface area contributed by atoms with Gasteiger partial charge in [0.2, 0.25) is 0 Å². The minimum Gasteiger partial charge on any atom is -0.321 e. The van der Waals surface area contributed by atoms with E-state index in [1.165, 1.54) is 12.1 Å². The van der Waals surface area contributed by atoms with Gasteiger partial charge in [-0.2, -0.15) is 0 Å². The highest BCUT2D eigenvalue weighted by Gasteiger charge is 2.02. The molecule has 2 rings (SSSR count). The van der Waals surface area contributed by atoms with Crippen molar-refractivity contribution in [1.29, 1.82) is 0 Å². The summed E-state index contributed by atoms with van der Waals surface area (Å²) < 4.78 is 15.6. The highest BCUT2D eigenvalue weighted by Crippen LogP contribution is 2.17. The fourth-order valence-electron chi connectivity index (χ4n) is 1.62. The fraction of sp³-hybridized carbons (Fsp3) is 0.333. The first-order valence-corrected chi connectivity index (χ1v) is 6.43. The Morgan fingerprint density at radius 3 is 2.94 bits per heavy atom. The third kappa shape index (κ3) is 3.36. The number of hydrogen-bond donors (Lipinski definition) is 1. The van der Waals surface area contributed by atoms with Gasteiger partial charge >= 0.3 is 0 Å². The van der Waals surface area contributed by atoms with E-state index in [1.807, 2.05) is 11.6 Å². The van der Waals surface area contributed by atoms with Crippen molar-refractivity contribution in [3.63, 3.8) is 0 Å². The maximum atomic E-state index is 12.9. The van der Waals surface area contributed by atoms with Crippen molar-refractivity contribution in [2.75, 3.05) is 6.54 Å². The fourth-order valence-corrected chi connectivity index (χ4v) is 2.11. The van der Waals surface area contributed by atoms with Crippen LogP contribution < -0.4 is 5.32 Å². The maximum Gasteiger partial charge on any atom is 0.133 e. The second kappa shape index (κ2) is 6.06. The molecule has 1 aromatic heterocycles. The van der Waals surface area contributed by atoms with E-state index in [0.29, 0.717) is 6.54 Å². The van der Waals surface area contributed by atoms with Crippen LogP contribution in [0.3, 0.4) is 0 Å². The first kappa shape index (κ1) is 13.2. The van der Waals surface area contributed by atoms with E-state index in [4.69, 9.17) is 0 Å². The zero-order valence-corrected chi connectivity index (χ0v) is 11.6. The van der Waals surface area contributed by atoms with Gasteiger partial charge in [0.1, 0.15) is 18.0 Å². The van der Waals surface area contributed by atoms with E-state index in [2.05, 4.69) is 31.4 Å². The van der Waals surface area contributed by atoms with Crippen LogP contribution in [0, 0.1) is 5.82 Å². The molecule has 0 aliphatic rings. The van der Waals surface area contributed by atoms with Crippen LogP contribution >= 0.6 is 15.9 Å². The molecule has 1 aromatic carbocycles. The van der Waals surface area contributed by atoms with Gasteiger partial charge in [0.15, 0.2) is 0 Å². The monoisotopic (exact) mass is 312 g/mol. The zero-order valence-electron chi connectivity index (χ0n) is 10.0. The van der Waals surface area contributed by atoms with Gasteiger partial charge in [-0.25, -0.2) is 4.39 Å². The van der Waals surface area contributed by atoms with Gasteiger partial charge in [-0.1, -0.05) is 22.0 Å². The van der Waals surface area contributed by atoms with Gasteiger partial charge in [-0.3, -0.25) is 0 Å². The average Bonchev–Trinajstić information content (AvgIpc) is 2.73. The molecule has 1 heterocycles. The third-order valence-corrected chi connectivity index (χ3v) is 3.40. The summed E-state index contributed by atoms with van der Waals surface area (Å²) in [5.74, 6) is 0.713. The molecule has 0 aliphatic heterocycles. The van der Waals surface area contributed by atoms with Crippen LogP contribution in [-0.4, -0.2) is 21.3 Å². The summed E-state index contributed by atoms with van der Waals surface area (Å²) in [6.45, 7) is 1.50. The molecule has 0 bridgehead atoms. The molecular formula is C12H14BrFN4. The number of nitrogens with one attached hydrogen (secondary N) is 1. The molecule has 4 nitrogen and oxygen atoms in total. The summed E-state index contributed by atoms with van der Waals surface area (Å²) in [6, 6.07) is 4.71. The van der Waals surface area contributed by atoms with Crippen molar-refractivity contribution >= 4 is 15.9 Å². The van der Waals surface area contributed by atoms with Crippen LogP contribution in [-0.2, 0) is 20.0 Å². The lowest BCUT2D eigenvalue weighted by Crippen LogP contribution is -2.18. The molecule has 0 saturated heterocycles. The Morgan fingerprint density at radius 1 is 1.44 bits per heavy atom. The minimum absolute atomic E-state index is 0.232. The highest BCUT2D eigenvalue weighted by atomic mass is 79.9. The van der Waals surface area contributed by atoms with Gasteiger partial charge in [0, 0.05) is 31.0 Å². The van der Waals surface area contributed by atoms with E-state index in [1.54, 1.807) is 12.4 Å². The van der Waals surface area contributed by atoms with Crippen LogP contribution in [0.1, 0.15) is 11.4 Å². The number of aromatic nitrogens is 3. The van der Waals surface area contributed by atoms with E-state index >= 15 is 0 Å². The van der Waals surface area contributed by atoms with Crippen LogP contribution in [0.2, 0.25) is 0 Å². The molecule has 0 radical (unpaired) electrons. The summed E-state index contributed by atoms with van der Waals surface area (Å²) >= 11 is 3.34. The molecule has 0 spiro atoms. The standard InChI is InChI=1S/C12H14BrFN4/c1-18-8-16-17-12(18)4-5-15-7-9-2-3-10(14)6-11(9)13/h2-3,6,8,15H,4-5,7H2,1H3. The summed E-state index contributed by atoms with van der Waals surface area (Å²) in [4.78, 5) is 0. The zero-order chi connectivity index (χ0) is 13.0. The molecule has 6 heteroatoms. The molecular weight excluding hydrogens is 299 g/mol. The van der Waals surface area contributed by atoms with Crippen LogP contribution in [0.25, 0.3) is 0 Å². The van der Waals surface area contributed by atoms with Gasteiger partial charge < -0.3 is 9.88 Å². The van der Waals surface area contributed by atoms with E-state index in [0.717, 1.165) is 28.8 Å². The molecule has 0 amide bonds. The Hall–Kier alpha value is -1.27. The maximum absolute atomic E-state index is 12.9. The molecule has 0 saturated carbocycles. The summed E-state index contributed by atoms with van der Waals surface area (Å²) in [5.41, 5.74) is 1.04.